The summed E-state index contributed by atoms with van der Waals surface area (Å²) in [4.78, 5) is 13.5. The lowest BCUT2D eigenvalue weighted by atomic mass is 10.3. The number of aliphatic hydroxyl groups is 1. The molecule has 22 heavy (non-hydrogen) atoms. The highest BCUT2D eigenvalue weighted by Crippen LogP contribution is 2.18. The molecule has 0 fully saturated rings. The largest absolute Gasteiger partial charge is 0.394 e. The number of anilines is 1. The second-order valence-electron chi connectivity index (χ2n) is 5.14. The molecule has 2 N–H and O–H groups in total. The summed E-state index contributed by atoms with van der Waals surface area (Å²) in [6.07, 6.45) is 0. The molecule has 1 aromatic carbocycles. The van der Waals surface area contributed by atoms with E-state index in [1.54, 1.807) is 36.9 Å². The number of hydrogen-bond donors (Lipinski definition) is 2. The number of likely N-dealkylation sites (N-methyl/N-ethyl adjacent to an activating group) is 1. The summed E-state index contributed by atoms with van der Waals surface area (Å²) in [6.45, 7) is 3.55. The van der Waals surface area contributed by atoms with Gasteiger partial charge in [-0.2, -0.15) is 0 Å². The van der Waals surface area contributed by atoms with Crippen molar-refractivity contribution in [3.8, 4) is 5.69 Å². The molecule has 1 aromatic heterocycles. The molecule has 2 rings (SSSR count). The lowest BCUT2D eigenvalue weighted by molar-refractivity contribution is 0.166. The number of carbonyl (C=O) groups excluding carboxylic acids is 1. The van der Waals surface area contributed by atoms with Crippen molar-refractivity contribution in [2.24, 2.45) is 0 Å². The minimum Gasteiger partial charge on any atom is -0.394 e. The van der Waals surface area contributed by atoms with E-state index in [2.05, 4.69) is 10.4 Å². The molecule has 2 aromatic rings. The van der Waals surface area contributed by atoms with Crippen molar-refractivity contribution in [1.82, 2.24) is 14.7 Å². The maximum Gasteiger partial charge on any atom is 0.323 e. The number of rotatable bonds is 4. The molecule has 1 atom stereocenters. The van der Waals surface area contributed by atoms with Crippen LogP contribution in [0.4, 0.5) is 10.6 Å². The summed E-state index contributed by atoms with van der Waals surface area (Å²) >= 11 is 5.99. The van der Waals surface area contributed by atoms with Crippen LogP contribution in [0.2, 0.25) is 5.02 Å². The van der Waals surface area contributed by atoms with Gasteiger partial charge >= 0.3 is 6.03 Å². The molecule has 0 radical (unpaired) electrons. The average Bonchev–Trinajstić information content (AvgIpc) is 2.86. The second kappa shape index (κ2) is 6.81. The first-order chi connectivity index (χ1) is 10.4. The second-order valence-corrected chi connectivity index (χ2v) is 5.57. The highest BCUT2D eigenvalue weighted by Gasteiger charge is 2.16. The lowest BCUT2D eigenvalue weighted by Crippen LogP contribution is -2.40. The highest BCUT2D eigenvalue weighted by atomic mass is 35.5. The maximum atomic E-state index is 12.1. The number of halogens is 1. The molecule has 1 unspecified atom stereocenters. The summed E-state index contributed by atoms with van der Waals surface area (Å²) in [5.74, 6) is 0.444. The van der Waals surface area contributed by atoms with Crippen molar-refractivity contribution in [1.29, 1.82) is 0 Å². The Morgan fingerprint density at radius 3 is 2.86 bits per heavy atom. The van der Waals surface area contributed by atoms with Gasteiger partial charge in [0.2, 0.25) is 0 Å². The molecule has 0 aliphatic carbocycles. The zero-order valence-electron chi connectivity index (χ0n) is 12.7. The molecular formula is C15H19ClN4O2. The number of amides is 2. The van der Waals surface area contributed by atoms with Crippen molar-refractivity contribution in [3.63, 3.8) is 0 Å². The Labute approximate surface area is 134 Å². The number of hydrogen-bond acceptors (Lipinski definition) is 3. The topological polar surface area (TPSA) is 70.4 Å². The third-order valence-corrected chi connectivity index (χ3v) is 3.66. The Balaban J connectivity index is 2.18. The smallest absolute Gasteiger partial charge is 0.323 e. The number of aliphatic hydroxyl groups excluding tert-OH is 1. The maximum absolute atomic E-state index is 12.1. The van der Waals surface area contributed by atoms with Crippen LogP contribution >= 0.6 is 11.6 Å². The Morgan fingerprint density at radius 1 is 1.50 bits per heavy atom. The Kier molecular flexibility index (Phi) is 5.05. The van der Waals surface area contributed by atoms with Crippen LogP contribution in [0, 0.1) is 6.92 Å². The number of urea groups is 1. The summed E-state index contributed by atoms with van der Waals surface area (Å²) in [6, 6.07) is 8.50. The van der Waals surface area contributed by atoms with E-state index >= 15 is 0 Å². The molecule has 0 saturated carbocycles. The zero-order chi connectivity index (χ0) is 16.3. The van der Waals surface area contributed by atoms with Crippen LogP contribution in [0.1, 0.15) is 12.6 Å². The van der Waals surface area contributed by atoms with Crippen molar-refractivity contribution >= 4 is 23.4 Å². The van der Waals surface area contributed by atoms with E-state index in [4.69, 9.17) is 16.7 Å². The van der Waals surface area contributed by atoms with Crippen molar-refractivity contribution in [2.75, 3.05) is 19.0 Å². The fourth-order valence-electron chi connectivity index (χ4n) is 1.93. The van der Waals surface area contributed by atoms with Crippen LogP contribution in [-0.2, 0) is 0 Å². The van der Waals surface area contributed by atoms with Crippen LogP contribution in [0.15, 0.2) is 30.3 Å². The van der Waals surface area contributed by atoms with Gasteiger partial charge in [0.1, 0.15) is 0 Å². The van der Waals surface area contributed by atoms with Gasteiger partial charge in [0.15, 0.2) is 5.82 Å². The molecule has 1 heterocycles. The molecule has 0 aliphatic rings. The summed E-state index contributed by atoms with van der Waals surface area (Å²) in [5, 5.41) is 16.8. The van der Waals surface area contributed by atoms with Gasteiger partial charge in [0.05, 0.1) is 18.3 Å². The standard InChI is InChI=1S/C15H19ClN4O2/c1-10-7-14(17-15(22)19(3)11(2)9-21)18-20(10)13-6-4-5-12(16)8-13/h4-8,11,21H,9H2,1-3H3,(H,17,18,22). The molecule has 6 nitrogen and oxygen atoms in total. The summed E-state index contributed by atoms with van der Waals surface area (Å²) in [5.41, 5.74) is 1.69. The monoisotopic (exact) mass is 322 g/mol. The minimum atomic E-state index is -0.322. The lowest BCUT2D eigenvalue weighted by Gasteiger charge is -2.22. The molecule has 0 aliphatic heterocycles. The van der Waals surface area contributed by atoms with Gasteiger partial charge in [-0.3, -0.25) is 5.32 Å². The van der Waals surface area contributed by atoms with Crippen molar-refractivity contribution in [2.45, 2.75) is 19.9 Å². The normalized spacial score (nSPS) is 12.0. The van der Waals surface area contributed by atoms with E-state index < -0.39 is 0 Å². The van der Waals surface area contributed by atoms with E-state index in [0.29, 0.717) is 10.8 Å². The van der Waals surface area contributed by atoms with E-state index in [9.17, 15) is 4.79 Å². The van der Waals surface area contributed by atoms with Crippen LogP contribution in [0.5, 0.6) is 0 Å². The zero-order valence-corrected chi connectivity index (χ0v) is 13.5. The van der Waals surface area contributed by atoms with Gasteiger partial charge in [-0.05, 0) is 32.0 Å². The van der Waals surface area contributed by atoms with Gasteiger partial charge in [-0.1, -0.05) is 17.7 Å². The van der Waals surface area contributed by atoms with Crippen molar-refractivity contribution < 1.29 is 9.90 Å². The third kappa shape index (κ3) is 3.58. The molecule has 0 saturated heterocycles. The Morgan fingerprint density at radius 2 is 2.23 bits per heavy atom. The molecular weight excluding hydrogens is 304 g/mol. The van der Waals surface area contributed by atoms with E-state index in [1.807, 2.05) is 19.1 Å². The molecule has 7 heteroatoms. The number of aryl methyl sites for hydroxylation is 1. The fraction of sp³-hybridized carbons (Fsp3) is 0.333. The predicted octanol–water partition coefficient (Wildman–Crippen LogP) is 2.68. The van der Waals surface area contributed by atoms with Crippen LogP contribution < -0.4 is 5.32 Å². The first kappa shape index (κ1) is 16.3. The number of aromatic nitrogens is 2. The Hall–Kier alpha value is -2.05. The third-order valence-electron chi connectivity index (χ3n) is 3.42. The first-order valence-corrected chi connectivity index (χ1v) is 7.27. The quantitative estimate of drug-likeness (QED) is 0.909. The summed E-state index contributed by atoms with van der Waals surface area (Å²) < 4.78 is 1.71. The number of carbonyl (C=O) groups is 1. The predicted molar refractivity (Wildman–Crippen MR) is 86.6 cm³/mol. The first-order valence-electron chi connectivity index (χ1n) is 6.89. The highest BCUT2D eigenvalue weighted by molar-refractivity contribution is 6.30. The Bertz CT molecular complexity index is 671. The van der Waals surface area contributed by atoms with Gasteiger partial charge < -0.3 is 10.0 Å². The van der Waals surface area contributed by atoms with Crippen LogP contribution in [0.3, 0.4) is 0 Å². The van der Waals surface area contributed by atoms with Crippen LogP contribution in [-0.4, -0.2) is 45.5 Å². The average molecular weight is 323 g/mol. The van der Waals surface area contributed by atoms with Gasteiger partial charge in [-0.15, -0.1) is 5.10 Å². The van der Waals surface area contributed by atoms with E-state index in [0.717, 1.165) is 11.4 Å². The van der Waals surface area contributed by atoms with E-state index in [-0.39, 0.29) is 18.7 Å². The van der Waals surface area contributed by atoms with Gasteiger partial charge in [-0.25, -0.2) is 9.48 Å². The number of benzene rings is 1. The molecule has 0 bridgehead atoms. The minimum absolute atomic E-state index is 0.0973. The SMILES string of the molecule is Cc1cc(NC(=O)N(C)C(C)CO)nn1-c1cccc(Cl)c1. The van der Waals surface area contributed by atoms with Gasteiger partial charge in [0, 0.05) is 23.8 Å². The molecule has 2 amide bonds. The molecule has 118 valence electrons. The number of nitrogens with one attached hydrogen (secondary N) is 1. The summed E-state index contributed by atoms with van der Waals surface area (Å²) in [7, 11) is 1.62. The van der Waals surface area contributed by atoms with Crippen molar-refractivity contribution in [3.05, 3.63) is 41.0 Å². The number of nitrogens with zero attached hydrogens (tertiary/aromatic N) is 3. The van der Waals surface area contributed by atoms with E-state index in [1.165, 1.54) is 4.90 Å². The molecule has 0 spiro atoms. The van der Waals surface area contributed by atoms with Crippen LogP contribution in [0.25, 0.3) is 5.69 Å². The fourth-order valence-corrected chi connectivity index (χ4v) is 2.11. The van der Waals surface area contributed by atoms with Gasteiger partial charge in [0.25, 0.3) is 0 Å².